The number of amides is 1. The Morgan fingerprint density at radius 1 is 1.43 bits per heavy atom. The summed E-state index contributed by atoms with van der Waals surface area (Å²) >= 11 is 0. The van der Waals surface area contributed by atoms with Gasteiger partial charge in [-0.05, 0) is 20.8 Å². The van der Waals surface area contributed by atoms with Crippen LogP contribution in [-0.2, 0) is 14.3 Å². The summed E-state index contributed by atoms with van der Waals surface area (Å²) in [6.07, 6.45) is 1.36. The Balaban J connectivity index is 2.04. The molecule has 9 nitrogen and oxygen atoms in total. The fourth-order valence-corrected chi connectivity index (χ4v) is 1.98. The van der Waals surface area contributed by atoms with E-state index in [2.05, 4.69) is 15.3 Å². The molecule has 126 valence electrons. The average molecular weight is 324 g/mol. The molecule has 1 fully saturated rings. The molecule has 0 saturated carbocycles. The van der Waals surface area contributed by atoms with Gasteiger partial charge in [-0.2, -0.15) is 0 Å². The van der Waals surface area contributed by atoms with E-state index in [9.17, 15) is 9.59 Å². The van der Waals surface area contributed by atoms with Crippen molar-refractivity contribution in [1.82, 2.24) is 9.97 Å². The number of rotatable bonds is 3. The van der Waals surface area contributed by atoms with E-state index in [4.69, 9.17) is 14.6 Å². The number of aromatic nitrogens is 2. The van der Waals surface area contributed by atoms with Crippen LogP contribution in [0.5, 0.6) is 0 Å². The lowest BCUT2D eigenvalue weighted by atomic mass is 10.2. The Bertz CT molecular complexity index is 587. The summed E-state index contributed by atoms with van der Waals surface area (Å²) in [6.45, 7) is 6.22. The van der Waals surface area contributed by atoms with Crippen LogP contribution in [0.15, 0.2) is 12.4 Å². The first-order valence-corrected chi connectivity index (χ1v) is 7.16. The van der Waals surface area contributed by atoms with Gasteiger partial charge < -0.3 is 19.5 Å². The third-order valence-corrected chi connectivity index (χ3v) is 2.92. The number of carbonyl (C=O) groups excluding carboxylic acids is 1. The number of morpholine rings is 1. The highest BCUT2D eigenvalue weighted by Gasteiger charge is 2.27. The largest absolute Gasteiger partial charge is 0.479 e. The highest BCUT2D eigenvalue weighted by atomic mass is 16.6. The van der Waals surface area contributed by atoms with E-state index in [0.29, 0.717) is 12.4 Å². The monoisotopic (exact) mass is 324 g/mol. The molecule has 0 bridgehead atoms. The second-order valence-corrected chi connectivity index (χ2v) is 6.03. The number of nitrogens with one attached hydrogen (secondary N) is 1. The van der Waals surface area contributed by atoms with Gasteiger partial charge in [0.2, 0.25) is 0 Å². The summed E-state index contributed by atoms with van der Waals surface area (Å²) < 4.78 is 10.3. The molecule has 1 saturated heterocycles. The molecule has 0 unspecified atom stereocenters. The number of ether oxygens (including phenoxy) is 2. The van der Waals surface area contributed by atoms with E-state index in [0.717, 1.165) is 0 Å². The summed E-state index contributed by atoms with van der Waals surface area (Å²) in [5, 5.41) is 11.5. The van der Waals surface area contributed by atoms with E-state index in [-0.39, 0.29) is 19.0 Å². The lowest BCUT2D eigenvalue weighted by molar-refractivity contribution is -0.150. The molecule has 2 heterocycles. The zero-order valence-corrected chi connectivity index (χ0v) is 13.3. The van der Waals surface area contributed by atoms with E-state index >= 15 is 0 Å². The topological polar surface area (TPSA) is 114 Å². The normalized spacial score (nSPS) is 18.4. The number of aliphatic carboxylic acids is 1. The number of carboxylic acid groups (broad SMARTS) is 1. The standard InChI is InChI=1S/C14H20N4O5/c1-14(2,3)23-13(21)17-10-6-15-7-11(16-10)18-4-5-22-9(8-18)12(19)20/h6-7,9H,4-5,8H2,1-3H3,(H,19,20)(H,16,17,21)/t9-/m1/s1. The maximum Gasteiger partial charge on any atom is 0.413 e. The van der Waals surface area contributed by atoms with Crippen LogP contribution in [0.4, 0.5) is 16.4 Å². The highest BCUT2D eigenvalue weighted by Crippen LogP contribution is 2.17. The van der Waals surface area contributed by atoms with Crippen LogP contribution in [0.2, 0.25) is 0 Å². The summed E-state index contributed by atoms with van der Waals surface area (Å²) in [4.78, 5) is 32.8. The van der Waals surface area contributed by atoms with E-state index in [1.807, 2.05) is 0 Å². The fraction of sp³-hybridized carbons (Fsp3) is 0.571. The summed E-state index contributed by atoms with van der Waals surface area (Å²) in [7, 11) is 0. The minimum Gasteiger partial charge on any atom is -0.479 e. The predicted octanol–water partition coefficient (Wildman–Crippen LogP) is 1.11. The number of hydrogen-bond acceptors (Lipinski definition) is 7. The van der Waals surface area contributed by atoms with Gasteiger partial charge in [-0.15, -0.1) is 0 Å². The van der Waals surface area contributed by atoms with Crippen LogP contribution in [0.25, 0.3) is 0 Å². The molecule has 1 aliphatic heterocycles. The summed E-state index contributed by atoms with van der Waals surface area (Å²) in [5.41, 5.74) is -0.617. The van der Waals surface area contributed by atoms with Crippen molar-refractivity contribution in [3.8, 4) is 0 Å². The third kappa shape index (κ3) is 5.06. The third-order valence-electron chi connectivity index (χ3n) is 2.92. The van der Waals surface area contributed by atoms with E-state index in [1.54, 1.807) is 25.7 Å². The molecule has 1 aliphatic rings. The van der Waals surface area contributed by atoms with E-state index < -0.39 is 23.8 Å². The molecule has 1 amide bonds. The Morgan fingerprint density at radius 2 is 2.17 bits per heavy atom. The molecule has 0 aromatic carbocycles. The van der Waals surface area contributed by atoms with Crippen molar-refractivity contribution in [3.63, 3.8) is 0 Å². The molecule has 0 radical (unpaired) electrons. The van der Waals surface area contributed by atoms with Gasteiger partial charge in [0.1, 0.15) is 11.4 Å². The highest BCUT2D eigenvalue weighted by molar-refractivity contribution is 5.83. The van der Waals surface area contributed by atoms with Gasteiger partial charge in [0.15, 0.2) is 11.9 Å². The second-order valence-electron chi connectivity index (χ2n) is 6.03. The van der Waals surface area contributed by atoms with Crippen molar-refractivity contribution in [2.75, 3.05) is 29.9 Å². The molecule has 23 heavy (non-hydrogen) atoms. The van der Waals surface area contributed by atoms with Crippen molar-refractivity contribution in [2.24, 2.45) is 0 Å². The Labute approximate surface area is 133 Å². The van der Waals surface area contributed by atoms with Crippen molar-refractivity contribution >= 4 is 23.7 Å². The van der Waals surface area contributed by atoms with Gasteiger partial charge in [0.25, 0.3) is 0 Å². The van der Waals surface area contributed by atoms with Gasteiger partial charge in [-0.1, -0.05) is 0 Å². The first-order valence-electron chi connectivity index (χ1n) is 7.16. The fourth-order valence-electron chi connectivity index (χ4n) is 1.98. The number of hydrogen-bond donors (Lipinski definition) is 2. The molecule has 1 atom stereocenters. The van der Waals surface area contributed by atoms with Gasteiger partial charge >= 0.3 is 12.1 Å². The lowest BCUT2D eigenvalue weighted by Gasteiger charge is -2.31. The molecule has 0 spiro atoms. The zero-order chi connectivity index (χ0) is 17.0. The van der Waals surface area contributed by atoms with Gasteiger partial charge in [0.05, 0.1) is 25.5 Å². The first-order chi connectivity index (χ1) is 10.7. The summed E-state index contributed by atoms with van der Waals surface area (Å²) in [6, 6.07) is 0. The Hall–Kier alpha value is -2.42. The SMILES string of the molecule is CC(C)(C)OC(=O)Nc1cncc(N2CCO[C@@H](C(=O)O)C2)n1. The molecule has 2 rings (SSSR count). The zero-order valence-electron chi connectivity index (χ0n) is 13.3. The summed E-state index contributed by atoms with van der Waals surface area (Å²) in [5.74, 6) is -0.325. The maximum atomic E-state index is 11.7. The smallest absolute Gasteiger partial charge is 0.413 e. The number of anilines is 2. The van der Waals surface area contributed by atoms with Crippen molar-refractivity contribution in [3.05, 3.63) is 12.4 Å². The minimum absolute atomic E-state index is 0.167. The number of carbonyl (C=O) groups is 2. The lowest BCUT2D eigenvalue weighted by Crippen LogP contribution is -2.46. The van der Waals surface area contributed by atoms with Crippen molar-refractivity contribution < 1.29 is 24.2 Å². The average Bonchev–Trinajstić information content (AvgIpc) is 2.45. The van der Waals surface area contributed by atoms with Crippen LogP contribution in [0.1, 0.15) is 20.8 Å². The maximum absolute atomic E-state index is 11.7. The van der Waals surface area contributed by atoms with E-state index in [1.165, 1.54) is 12.4 Å². The van der Waals surface area contributed by atoms with Crippen LogP contribution in [0, 0.1) is 0 Å². The van der Waals surface area contributed by atoms with Crippen molar-refractivity contribution in [1.29, 1.82) is 0 Å². The molecule has 2 N–H and O–H groups in total. The first kappa shape index (κ1) is 16.9. The van der Waals surface area contributed by atoms with Crippen LogP contribution < -0.4 is 10.2 Å². The number of nitrogens with zero attached hydrogens (tertiary/aromatic N) is 3. The van der Waals surface area contributed by atoms with Gasteiger partial charge in [-0.3, -0.25) is 10.3 Å². The van der Waals surface area contributed by atoms with Crippen LogP contribution in [-0.4, -0.2) is 58.5 Å². The molecule has 1 aromatic heterocycles. The molecule has 1 aromatic rings. The Morgan fingerprint density at radius 3 is 2.83 bits per heavy atom. The van der Waals surface area contributed by atoms with Gasteiger partial charge in [0, 0.05) is 6.54 Å². The molecular weight excluding hydrogens is 304 g/mol. The quantitative estimate of drug-likeness (QED) is 0.850. The molecule has 0 aliphatic carbocycles. The minimum atomic E-state index is -1.02. The van der Waals surface area contributed by atoms with Crippen LogP contribution >= 0.6 is 0 Å². The molecular formula is C14H20N4O5. The Kier molecular flexibility index (Phi) is 4.99. The molecule has 9 heteroatoms. The predicted molar refractivity (Wildman–Crippen MR) is 81.5 cm³/mol. The van der Waals surface area contributed by atoms with Crippen molar-refractivity contribution in [2.45, 2.75) is 32.5 Å². The van der Waals surface area contributed by atoms with Gasteiger partial charge in [-0.25, -0.2) is 14.6 Å². The second kappa shape index (κ2) is 6.78. The van der Waals surface area contributed by atoms with Crippen LogP contribution in [0.3, 0.4) is 0 Å². The number of carboxylic acids is 1.